The smallest absolute Gasteiger partial charge is 0.344 e. The Morgan fingerprint density at radius 3 is 2.60 bits per heavy atom. The zero-order chi connectivity index (χ0) is 21.1. The Kier molecular flexibility index (Phi) is 5.80. The molecule has 0 bridgehead atoms. The monoisotopic (exact) mass is 479 g/mol. The normalized spacial score (nSPS) is 15.8. The number of fused-ring (bicyclic) bond motifs is 1. The first-order valence-electron chi connectivity index (χ1n) is 9.48. The number of anilines is 1. The maximum Gasteiger partial charge on any atom is 0.344 e. The van der Waals surface area contributed by atoms with Crippen molar-refractivity contribution in [1.82, 2.24) is 0 Å². The third-order valence-corrected chi connectivity index (χ3v) is 5.41. The Hall–Kier alpha value is -2.81. The summed E-state index contributed by atoms with van der Waals surface area (Å²) < 4.78 is 35.5. The fraction of sp³-hybridized carbons (Fsp3) is 0.333. The van der Waals surface area contributed by atoms with Gasteiger partial charge in [0.1, 0.15) is 11.6 Å². The molecule has 2 aliphatic rings. The van der Waals surface area contributed by atoms with Crippen LogP contribution < -0.4 is 19.5 Å². The highest BCUT2D eigenvalue weighted by molar-refractivity contribution is 9.10. The topological polar surface area (TPSA) is 83.1 Å². The highest BCUT2D eigenvalue weighted by Gasteiger charge is 2.44. The van der Waals surface area contributed by atoms with Crippen molar-refractivity contribution in [2.75, 3.05) is 18.5 Å². The fourth-order valence-electron chi connectivity index (χ4n) is 3.40. The van der Waals surface area contributed by atoms with Crippen LogP contribution in [-0.4, -0.2) is 30.9 Å². The molecule has 0 aromatic heterocycles. The molecule has 1 spiro atoms. The molecule has 2 aromatic rings. The summed E-state index contributed by atoms with van der Waals surface area (Å²) >= 11 is 3.14. The molecule has 1 amide bonds. The average Bonchev–Trinajstić information content (AvgIpc) is 3.31. The molecule has 1 fully saturated rings. The minimum absolute atomic E-state index is 0.290. The molecule has 0 radical (unpaired) electrons. The van der Waals surface area contributed by atoms with Crippen molar-refractivity contribution >= 4 is 33.5 Å². The van der Waals surface area contributed by atoms with E-state index in [-0.39, 0.29) is 5.75 Å². The van der Waals surface area contributed by atoms with Gasteiger partial charge in [-0.05, 0) is 59.1 Å². The van der Waals surface area contributed by atoms with Gasteiger partial charge in [-0.3, -0.25) is 4.79 Å². The SMILES string of the molecule is O=C(COC(=O)COc1ccc(F)cc1Br)Nc1ccc2c(c1)OC1(CCCC1)O2. The van der Waals surface area contributed by atoms with E-state index in [0.29, 0.717) is 21.7 Å². The summed E-state index contributed by atoms with van der Waals surface area (Å²) in [6, 6.07) is 8.95. The van der Waals surface area contributed by atoms with Crippen LogP contribution in [0.15, 0.2) is 40.9 Å². The molecule has 7 nitrogen and oxygen atoms in total. The number of ether oxygens (including phenoxy) is 4. The zero-order valence-electron chi connectivity index (χ0n) is 15.9. The first-order chi connectivity index (χ1) is 14.4. The number of esters is 1. The molecule has 1 saturated carbocycles. The van der Waals surface area contributed by atoms with E-state index >= 15 is 0 Å². The van der Waals surface area contributed by atoms with E-state index in [9.17, 15) is 14.0 Å². The van der Waals surface area contributed by atoms with Crippen molar-refractivity contribution in [2.24, 2.45) is 0 Å². The number of hydrogen-bond acceptors (Lipinski definition) is 6. The predicted octanol–water partition coefficient (Wildman–Crippen LogP) is 4.19. The standard InChI is InChI=1S/C21H19BrFNO6/c22-15-9-13(23)3-5-16(15)27-12-20(26)28-11-19(25)24-14-4-6-17-18(10-14)30-21(29-17)7-1-2-8-21/h3-6,9-10H,1-2,7-8,11-12H2,(H,24,25). The summed E-state index contributed by atoms with van der Waals surface area (Å²) in [5.41, 5.74) is 0.514. The van der Waals surface area contributed by atoms with Crippen LogP contribution in [0.1, 0.15) is 25.7 Å². The lowest BCUT2D eigenvalue weighted by molar-refractivity contribution is -0.149. The van der Waals surface area contributed by atoms with Crippen molar-refractivity contribution in [1.29, 1.82) is 0 Å². The van der Waals surface area contributed by atoms with E-state index < -0.39 is 36.7 Å². The summed E-state index contributed by atoms with van der Waals surface area (Å²) in [6.45, 7) is -0.880. The lowest BCUT2D eigenvalue weighted by atomic mass is 10.2. The van der Waals surface area contributed by atoms with Gasteiger partial charge in [0.2, 0.25) is 0 Å². The predicted molar refractivity (Wildman–Crippen MR) is 108 cm³/mol. The molecule has 1 heterocycles. The van der Waals surface area contributed by atoms with Gasteiger partial charge in [-0.1, -0.05) is 0 Å². The van der Waals surface area contributed by atoms with E-state index in [1.807, 2.05) is 0 Å². The number of nitrogens with one attached hydrogen (secondary N) is 1. The summed E-state index contributed by atoms with van der Waals surface area (Å²) in [4.78, 5) is 23.9. The van der Waals surface area contributed by atoms with Crippen LogP contribution in [0.5, 0.6) is 17.2 Å². The van der Waals surface area contributed by atoms with Crippen LogP contribution in [-0.2, 0) is 14.3 Å². The van der Waals surface area contributed by atoms with Crippen molar-refractivity contribution < 1.29 is 32.9 Å². The van der Waals surface area contributed by atoms with Crippen molar-refractivity contribution in [3.8, 4) is 17.2 Å². The van der Waals surface area contributed by atoms with Gasteiger partial charge < -0.3 is 24.3 Å². The quantitative estimate of drug-likeness (QED) is 0.625. The van der Waals surface area contributed by atoms with Gasteiger partial charge in [0.15, 0.2) is 24.7 Å². The van der Waals surface area contributed by atoms with E-state index in [2.05, 4.69) is 21.2 Å². The summed E-state index contributed by atoms with van der Waals surface area (Å²) in [6.07, 6.45) is 3.81. The molecule has 2 aromatic carbocycles. The number of carbonyl (C=O) groups excluding carboxylic acids is 2. The molecule has 1 aliphatic carbocycles. The Labute approximate surface area is 180 Å². The number of halogens is 2. The van der Waals surface area contributed by atoms with E-state index in [4.69, 9.17) is 18.9 Å². The Balaban J connectivity index is 1.24. The van der Waals surface area contributed by atoms with E-state index in [0.717, 1.165) is 25.7 Å². The molecule has 0 unspecified atom stereocenters. The van der Waals surface area contributed by atoms with Crippen LogP contribution >= 0.6 is 15.9 Å². The zero-order valence-corrected chi connectivity index (χ0v) is 17.5. The lowest BCUT2D eigenvalue weighted by Gasteiger charge is -2.21. The Bertz CT molecular complexity index is 976. The molecular weight excluding hydrogens is 461 g/mol. The maximum absolute atomic E-state index is 13.0. The molecule has 4 rings (SSSR count). The van der Waals surface area contributed by atoms with Crippen LogP contribution in [0.2, 0.25) is 0 Å². The van der Waals surface area contributed by atoms with Crippen molar-refractivity contribution in [3.05, 3.63) is 46.7 Å². The molecule has 0 atom stereocenters. The minimum Gasteiger partial charge on any atom is -0.481 e. The molecule has 9 heteroatoms. The van der Waals surface area contributed by atoms with Gasteiger partial charge in [0, 0.05) is 24.6 Å². The second-order valence-corrected chi connectivity index (χ2v) is 7.91. The van der Waals surface area contributed by atoms with Gasteiger partial charge in [0.05, 0.1) is 4.47 Å². The van der Waals surface area contributed by atoms with Gasteiger partial charge in [-0.25, -0.2) is 9.18 Å². The Morgan fingerprint density at radius 1 is 1.07 bits per heavy atom. The highest BCUT2D eigenvalue weighted by atomic mass is 79.9. The van der Waals surface area contributed by atoms with Gasteiger partial charge >= 0.3 is 5.97 Å². The van der Waals surface area contributed by atoms with Gasteiger partial charge in [-0.2, -0.15) is 0 Å². The molecule has 1 N–H and O–H groups in total. The number of benzene rings is 2. The molecule has 0 saturated heterocycles. The minimum atomic E-state index is -0.727. The first kappa shape index (κ1) is 20.5. The highest BCUT2D eigenvalue weighted by Crippen LogP contribution is 2.47. The van der Waals surface area contributed by atoms with E-state index in [1.54, 1.807) is 18.2 Å². The van der Waals surface area contributed by atoms with Gasteiger partial charge in [-0.15, -0.1) is 0 Å². The molecule has 1 aliphatic heterocycles. The molecule has 30 heavy (non-hydrogen) atoms. The van der Waals surface area contributed by atoms with Crippen molar-refractivity contribution in [3.63, 3.8) is 0 Å². The second-order valence-electron chi connectivity index (χ2n) is 7.06. The number of hydrogen-bond donors (Lipinski definition) is 1. The van der Waals surface area contributed by atoms with Crippen molar-refractivity contribution in [2.45, 2.75) is 31.5 Å². The lowest BCUT2D eigenvalue weighted by Crippen LogP contribution is -2.34. The maximum atomic E-state index is 13.0. The van der Waals surface area contributed by atoms with Crippen LogP contribution in [0.25, 0.3) is 0 Å². The molecular formula is C21H19BrFNO6. The number of carbonyl (C=O) groups is 2. The number of rotatable bonds is 6. The van der Waals surface area contributed by atoms with E-state index in [1.165, 1.54) is 18.2 Å². The van der Waals surface area contributed by atoms with Crippen LogP contribution in [0.4, 0.5) is 10.1 Å². The summed E-state index contributed by atoms with van der Waals surface area (Å²) in [7, 11) is 0. The second kappa shape index (κ2) is 8.51. The number of amides is 1. The third kappa shape index (κ3) is 4.67. The van der Waals surface area contributed by atoms with Crippen LogP contribution in [0.3, 0.4) is 0 Å². The summed E-state index contributed by atoms with van der Waals surface area (Å²) in [5.74, 6) is -0.694. The van der Waals surface area contributed by atoms with Crippen LogP contribution in [0, 0.1) is 5.82 Å². The fourth-order valence-corrected chi connectivity index (χ4v) is 3.87. The summed E-state index contributed by atoms with van der Waals surface area (Å²) in [5, 5.41) is 2.65. The Morgan fingerprint density at radius 2 is 1.83 bits per heavy atom. The average molecular weight is 480 g/mol. The third-order valence-electron chi connectivity index (χ3n) is 4.79. The molecule has 158 valence electrons. The largest absolute Gasteiger partial charge is 0.481 e. The van der Waals surface area contributed by atoms with Gasteiger partial charge in [0.25, 0.3) is 11.7 Å². The first-order valence-corrected chi connectivity index (χ1v) is 10.3.